The van der Waals surface area contributed by atoms with Crippen LogP contribution < -0.4 is 5.32 Å². The highest BCUT2D eigenvalue weighted by atomic mass is 16.5. The molecular weight excluding hydrogens is 360 g/mol. The molecule has 0 radical (unpaired) electrons. The van der Waals surface area contributed by atoms with Crippen LogP contribution in [0.25, 0.3) is 11.1 Å². The van der Waals surface area contributed by atoms with Crippen molar-refractivity contribution in [3.8, 4) is 11.1 Å². The van der Waals surface area contributed by atoms with Crippen molar-refractivity contribution < 1.29 is 4.74 Å². The van der Waals surface area contributed by atoms with E-state index in [1.807, 2.05) is 18.3 Å². The third-order valence-corrected chi connectivity index (χ3v) is 5.16. The zero-order valence-corrected chi connectivity index (χ0v) is 16.8. The maximum Gasteiger partial charge on any atom is 0.135 e. The summed E-state index contributed by atoms with van der Waals surface area (Å²) in [7, 11) is 0. The van der Waals surface area contributed by atoms with E-state index >= 15 is 0 Å². The molecule has 1 fully saturated rings. The molecule has 150 valence electrons. The van der Waals surface area contributed by atoms with Crippen LogP contribution in [0.5, 0.6) is 0 Å². The summed E-state index contributed by atoms with van der Waals surface area (Å²) >= 11 is 0. The number of ether oxygens (including phenoxy) is 1. The number of nitrogens with zero attached hydrogens (tertiary/aromatic N) is 3. The maximum absolute atomic E-state index is 5.40. The molecule has 4 rings (SSSR count). The molecule has 1 aliphatic heterocycles. The molecule has 1 aliphatic rings. The van der Waals surface area contributed by atoms with Crippen LogP contribution in [0.4, 0.5) is 5.82 Å². The molecule has 0 bridgehead atoms. The van der Waals surface area contributed by atoms with Crippen LogP contribution in [0, 0.1) is 0 Å². The Kier molecular flexibility index (Phi) is 6.84. The normalized spacial score (nSPS) is 14.6. The summed E-state index contributed by atoms with van der Waals surface area (Å²) in [5, 5.41) is 3.44. The number of aromatic nitrogens is 2. The van der Waals surface area contributed by atoms with Gasteiger partial charge in [0.15, 0.2) is 0 Å². The average molecular weight is 389 g/mol. The Bertz CT molecular complexity index is 894. The Labute approximate surface area is 172 Å². The zero-order valence-electron chi connectivity index (χ0n) is 16.8. The van der Waals surface area contributed by atoms with Gasteiger partial charge in [-0.05, 0) is 35.7 Å². The predicted octanol–water partition coefficient (Wildman–Crippen LogP) is 3.87. The first-order valence-electron chi connectivity index (χ1n) is 10.4. The van der Waals surface area contributed by atoms with Crippen LogP contribution in [-0.4, -0.2) is 54.3 Å². The van der Waals surface area contributed by atoms with E-state index in [9.17, 15) is 0 Å². The van der Waals surface area contributed by atoms with Gasteiger partial charge in [0.2, 0.25) is 0 Å². The van der Waals surface area contributed by atoms with E-state index in [2.05, 4.69) is 63.7 Å². The van der Waals surface area contributed by atoms with Gasteiger partial charge in [-0.15, -0.1) is 0 Å². The van der Waals surface area contributed by atoms with Gasteiger partial charge in [0.05, 0.1) is 13.2 Å². The molecule has 0 saturated carbocycles. The molecular formula is C24H28N4O. The Balaban J connectivity index is 1.32. The number of rotatable bonds is 8. The lowest BCUT2D eigenvalue weighted by molar-refractivity contribution is 0.0378. The molecule has 1 N–H and O–H groups in total. The van der Waals surface area contributed by atoms with Crippen LogP contribution in [-0.2, 0) is 11.2 Å². The lowest BCUT2D eigenvalue weighted by Crippen LogP contribution is -2.37. The second kappa shape index (κ2) is 10.1. The van der Waals surface area contributed by atoms with E-state index in [0.717, 1.165) is 63.9 Å². The van der Waals surface area contributed by atoms with Crippen molar-refractivity contribution in [1.82, 2.24) is 14.9 Å². The third kappa shape index (κ3) is 5.86. The molecule has 2 heterocycles. The highest BCUT2D eigenvalue weighted by Crippen LogP contribution is 2.21. The highest BCUT2D eigenvalue weighted by molar-refractivity contribution is 5.64. The summed E-state index contributed by atoms with van der Waals surface area (Å²) in [6, 6.07) is 21.0. The fourth-order valence-corrected chi connectivity index (χ4v) is 3.60. The largest absolute Gasteiger partial charge is 0.379 e. The lowest BCUT2D eigenvalue weighted by atomic mass is 10.0. The molecule has 0 atom stereocenters. The van der Waals surface area contributed by atoms with E-state index in [1.54, 1.807) is 0 Å². The first-order chi connectivity index (χ1) is 14.4. The number of hydrogen-bond acceptors (Lipinski definition) is 5. The number of morpholine rings is 1. The van der Waals surface area contributed by atoms with Crippen molar-refractivity contribution in [1.29, 1.82) is 0 Å². The van der Waals surface area contributed by atoms with Gasteiger partial charge in [0, 0.05) is 32.3 Å². The summed E-state index contributed by atoms with van der Waals surface area (Å²) in [6.07, 6.45) is 3.66. The van der Waals surface area contributed by atoms with Gasteiger partial charge in [-0.2, -0.15) is 0 Å². The van der Waals surface area contributed by atoms with Gasteiger partial charge in [-0.25, -0.2) is 9.97 Å². The third-order valence-electron chi connectivity index (χ3n) is 5.16. The standard InChI is InChI=1S/C24H28N4O/c1-2-7-21(8-3-1)22-9-4-6-20(18-22)19-24-26-12-10-23(27-24)25-11-5-13-28-14-16-29-17-15-28/h1-4,6-10,12,18H,5,11,13-17,19H2,(H,25,26,27). The van der Waals surface area contributed by atoms with Crippen LogP contribution in [0.1, 0.15) is 17.8 Å². The van der Waals surface area contributed by atoms with E-state index in [4.69, 9.17) is 9.72 Å². The van der Waals surface area contributed by atoms with E-state index in [-0.39, 0.29) is 0 Å². The Morgan fingerprint density at radius 2 is 1.76 bits per heavy atom. The van der Waals surface area contributed by atoms with Crippen molar-refractivity contribution in [3.63, 3.8) is 0 Å². The molecule has 0 amide bonds. The van der Waals surface area contributed by atoms with Crippen molar-refractivity contribution in [2.24, 2.45) is 0 Å². The summed E-state index contributed by atoms with van der Waals surface area (Å²) < 4.78 is 5.40. The highest BCUT2D eigenvalue weighted by Gasteiger charge is 2.09. The summed E-state index contributed by atoms with van der Waals surface area (Å²) in [5.74, 6) is 1.74. The van der Waals surface area contributed by atoms with Gasteiger partial charge in [0.25, 0.3) is 0 Å². The molecule has 0 unspecified atom stereocenters. The molecule has 5 heteroatoms. The Hall–Kier alpha value is -2.76. The van der Waals surface area contributed by atoms with Crippen LogP contribution in [0.15, 0.2) is 66.9 Å². The SMILES string of the molecule is c1ccc(-c2cccc(Cc3nccc(NCCCN4CCOCC4)n3)c2)cc1. The Morgan fingerprint density at radius 3 is 2.62 bits per heavy atom. The van der Waals surface area contributed by atoms with Crippen molar-refractivity contribution >= 4 is 5.82 Å². The molecule has 0 spiro atoms. The minimum absolute atomic E-state index is 0.726. The van der Waals surface area contributed by atoms with Gasteiger partial charge in [-0.1, -0.05) is 54.6 Å². The topological polar surface area (TPSA) is 50.3 Å². The first-order valence-corrected chi connectivity index (χ1v) is 10.4. The minimum Gasteiger partial charge on any atom is -0.379 e. The number of anilines is 1. The zero-order chi connectivity index (χ0) is 19.7. The molecule has 5 nitrogen and oxygen atoms in total. The molecule has 3 aromatic rings. The van der Waals surface area contributed by atoms with Crippen LogP contribution in [0.2, 0.25) is 0 Å². The van der Waals surface area contributed by atoms with E-state index in [0.29, 0.717) is 0 Å². The summed E-state index contributed by atoms with van der Waals surface area (Å²) in [6.45, 7) is 5.81. The van der Waals surface area contributed by atoms with Crippen molar-refractivity contribution in [2.45, 2.75) is 12.8 Å². The van der Waals surface area contributed by atoms with Crippen LogP contribution in [0.3, 0.4) is 0 Å². The quantitative estimate of drug-likeness (QED) is 0.594. The monoisotopic (exact) mass is 388 g/mol. The van der Waals surface area contributed by atoms with Crippen molar-refractivity contribution in [3.05, 3.63) is 78.2 Å². The molecule has 29 heavy (non-hydrogen) atoms. The van der Waals surface area contributed by atoms with Crippen molar-refractivity contribution in [2.75, 3.05) is 44.7 Å². The van der Waals surface area contributed by atoms with E-state index < -0.39 is 0 Å². The average Bonchev–Trinajstić information content (AvgIpc) is 2.79. The van der Waals surface area contributed by atoms with Gasteiger partial charge in [0.1, 0.15) is 11.6 Å². The lowest BCUT2D eigenvalue weighted by Gasteiger charge is -2.26. The number of nitrogens with one attached hydrogen (secondary N) is 1. The fourth-order valence-electron chi connectivity index (χ4n) is 3.60. The maximum atomic E-state index is 5.40. The Morgan fingerprint density at radius 1 is 0.931 bits per heavy atom. The summed E-state index contributed by atoms with van der Waals surface area (Å²) in [5.41, 5.74) is 3.67. The number of hydrogen-bond donors (Lipinski definition) is 1. The molecule has 2 aromatic carbocycles. The van der Waals surface area contributed by atoms with Crippen LogP contribution >= 0.6 is 0 Å². The molecule has 1 aromatic heterocycles. The second-order valence-corrected chi connectivity index (χ2v) is 7.34. The van der Waals surface area contributed by atoms with Gasteiger partial charge < -0.3 is 10.1 Å². The van der Waals surface area contributed by atoms with E-state index in [1.165, 1.54) is 16.7 Å². The number of benzene rings is 2. The smallest absolute Gasteiger partial charge is 0.135 e. The second-order valence-electron chi connectivity index (χ2n) is 7.34. The first kappa shape index (κ1) is 19.6. The fraction of sp³-hybridized carbons (Fsp3) is 0.333. The molecule has 0 aliphatic carbocycles. The van der Waals surface area contributed by atoms with Gasteiger partial charge in [-0.3, -0.25) is 4.90 Å². The minimum atomic E-state index is 0.726. The predicted molar refractivity (Wildman–Crippen MR) is 117 cm³/mol. The molecule has 1 saturated heterocycles. The summed E-state index contributed by atoms with van der Waals surface area (Å²) in [4.78, 5) is 11.6. The van der Waals surface area contributed by atoms with Gasteiger partial charge >= 0.3 is 0 Å².